The van der Waals surface area contributed by atoms with E-state index >= 15 is 0 Å². The number of methoxy groups -OCH3 is 1. The molecular formula is C24H24Cl2N4O4. The number of amides is 1. The quantitative estimate of drug-likeness (QED) is 0.474. The smallest absolute Gasteiger partial charge is 0.338 e. The first-order valence-corrected chi connectivity index (χ1v) is 11.6. The summed E-state index contributed by atoms with van der Waals surface area (Å²) in [7, 11) is 1.34. The third kappa shape index (κ3) is 5.41. The first-order valence-electron chi connectivity index (χ1n) is 10.8. The summed E-state index contributed by atoms with van der Waals surface area (Å²) in [6.45, 7) is 3.73. The average molecular weight is 503 g/mol. The lowest BCUT2D eigenvalue weighted by Gasteiger charge is -2.30. The van der Waals surface area contributed by atoms with Gasteiger partial charge in [-0.1, -0.05) is 34.4 Å². The Morgan fingerprint density at radius 3 is 2.68 bits per heavy atom. The lowest BCUT2D eigenvalue weighted by Crippen LogP contribution is -2.38. The minimum Gasteiger partial charge on any atom is -0.465 e. The van der Waals surface area contributed by atoms with E-state index in [0.29, 0.717) is 63.5 Å². The first kappa shape index (κ1) is 24.2. The molecule has 1 amide bonds. The Balaban J connectivity index is 1.32. The van der Waals surface area contributed by atoms with Crippen LogP contribution in [-0.4, -0.2) is 47.1 Å². The van der Waals surface area contributed by atoms with Crippen LogP contribution >= 0.6 is 23.2 Å². The lowest BCUT2D eigenvalue weighted by atomic mass is 9.95. The van der Waals surface area contributed by atoms with E-state index in [0.717, 1.165) is 13.1 Å². The Kier molecular flexibility index (Phi) is 7.50. The molecule has 0 spiro atoms. The van der Waals surface area contributed by atoms with Crippen LogP contribution in [-0.2, 0) is 16.1 Å². The maximum atomic E-state index is 12.8. The van der Waals surface area contributed by atoms with Gasteiger partial charge in [-0.3, -0.25) is 9.69 Å². The van der Waals surface area contributed by atoms with Crippen LogP contribution in [0, 0.1) is 12.8 Å². The molecule has 178 valence electrons. The normalized spacial score (nSPS) is 14.7. The minimum atomic E-state index is -0.426. The van der Waals surface area contributed by atoms with E-state index in [9.17, 15) is 9.59 Å². The maximum absolute atomic E-state index is 12.8. The number of ether oxygens (including phenoxy) is 1. The van der Waals surface area contributed by atoms with Gasteiger partial charge < -0.3 is 14.6 Å². The summed E-state index contributed by atoms with van der Waals surface area (Å²) in [5.74, 6) is 0.296. The van der Waals surface area contributed by atoms with E-state index in [1.54, 1.807) is 43.3 Å². The number of nitrogens with one attached hydrogen (secondary N) is 1. The Morgan fingerprint density at radius 1 is 1.21 bits per heavy atom. The van der Waals surface area contributed by atoms with Crippen molar-refractivity contribution < 1.29 is 18.8 Å². The second-order valence-corrected chi connectivity index (χ2v) is 8.99. The van der Waals surface area contributed by atoms with Crippen molar-refractivity contribution in [1.82, 2.24) is 15.0 Å². The van der Waals surface area contributed by atoms with Gasteiger partial charge in [0.15, 0.2) is 0 Å². The van der Waals surface area contributed by atoms with Gasteiger partial charge in [0.05, 0.1) is 24.2 Å². The largest absolute Gasteiger partial charge is 0.465 e. The zero-order valence-electron chi connectivity index (χ0n) is 18.8. The number of benzene rings is 2. The van der Waals surface area contributed by atoms with Crippen molar-refractivity contribution >= 4 is 40.8 Å². The number of likely N-dealkylation sites (tertiary alicyclic amines) is 1. The van der Waals surface area contributed by atoms with Gasteiger partial charge in [0.2, 0.25) is 17.6 Å². The van der Waals surface area contributed by atoms with Gasteiger partial charge in [-0.2, -0.15) is 4.98 Å². The summed E-state index contributed by atoms with van der Waals surface area (Å²) in [6.07, 6.45) is 1.40. The molecule has 1 aliphatic heterocycles. The van der Waals surface area contributed by atoms with Gasteiger partial charge in [0.1, 0.15) is 0 Å². The highest BCUT2D eigenvalue weighted by Gasteiger charge is 2.27. The molecule has 8 nitrogen and oxygen atoms in total. The van der Waals surface area contributed by atoms with Crippen molar-refractivity contribution in [2.75, 3.05) is 25.5 Å². The number of hydrogen-bond acceptors (Lipinski definition) is 7. The number of carbonyl (C=O) groups excluding carboxylic acids is 2. The van der Waals surface area contributed by atoms with Crippen LogP contribution in [0.5, 0.6) is 0 Å². The van der Waals surface area contributed by atoms with Crippen LogP contribution in [0.15, 0.2) is 40.9 Å². The second-order valence-electron chi connectivity index (χ2n) is 8.15. The summed E-state index contributed by atoms with van der Waals surface area (Å²) in [5, 5.41) is 7.99. The van der Waals surface area contributed by atoms with E-state index in [4.69, 9.17) is 32.5 Å². The molecule has 1 fully saturated rings. The SMILES string of the molecule is COC(=O)c1cccc(NC(=O)C2CCN(Cc3nc(-c4ccc(Cl)cc4Cl)no3)CC2)c1C. The van der Waals surface area contributed by atoms with Crippen molar-refractivity contribution in [3.05, 3.63) is 63.5 Å². The highest BCUT2D eigenvalue weighted by atomic mass is 35.5. The van der Waals surface area contributed by atoms with Gasteiger partial charge >= 0.3 is 5.97 Å². The van der Waals surface area contributed by atoms with Gasteiger partial charge in [0, 0.05) is 22.2 Å². The highest BCUT2D eigenvalue weighted by molar-refractivity contribution is 6.36. The fourth-order valence-corrected chi connectivity index (χ4v) is 4.47. The number of hydrogen-bond donors (Lipinski definition) is 1. The molecule has 34 heavy (non-hydrogen) atoms. The van der Waals surface area contributed by atoms with Crippen molar-refractivity contribution in [2.45, 2.75) is 26.3 Å². The Hall–Kier alpha value is -2.94. The molecule has 2 heterocycles. The molecule has 1 N–H and O–H groups in total. The van der Waals surface area contributed by atoms with E-state index < -0.39 is 5.97 Å². The molecule has 0 aliphatic carbocycles. The molecule has 0 saturated carbocycles. The molecule has 4 rings (SSSR count). The predicted octanol–water partition coefficient (Wildman–Crippen LogP) is 4.99. The highest BCUT2D eigenvalue weighted by Crippen LogP contribution is 2.29. The van der Waals surface area contributed by atoms with Crippen molar-refractivity contribution in [3.8, 4) is 11.4 Å². The van der Waals surface area contributed by atoms with Crippen LogP contribution in [0.4, 0.5) is 5.69 Å². The van der Waals surface area contributed by atoms with Crippen LogP contribution in [0.1, 0.15) is 34.7 Å². The Labute approximate surface area is 207 Å². The second kappa shape index (κ2) is 10.5. The van der Waals surface area contributed by atoms with E-state index in [1.807, 2.05) is 0 Å². The molecule has 3 aromatic rings. The molecule has 0 bridgehead atoms. The summed E-state index contributed by atoms with van der Waals surface area (Å²) < 4.78 is 10.2. The van der Waals surface area contributed by atoms with Crippen molar-refractivity contribution in [2.24, 2.45) is 5.92 Å². The topological polar surface area (TPSA) is 97.6 Å². The number of esters is 1. The summed E-state index contributed by atoms with van der Waals surface area (Å²) in [4.78, 5) is 31.4. The number of piperidine rings is 1. The zero-order valence-corrected chi connectivity index (χ0v) is 20.3. The molecule has 2 aromatic carbocycles. The molecule has 1 aliphatic rings. The lowest BCUT2D eigenvalue weighted by molar-refractivity contribution is -0.121. The molecular weight excluding hydrogens is 479 g/mol. The van der Waals surface area contributed by atoms with Gasteiger partial charge in [-0.25, -0.2) is 4.79 Å². The van der Waals surface area contributed by atoms with Gasteiger partial charge in [-0.15, -0.1) is 0 Å². The third-order valence-electron chi connectivity index (χ3n) is 5.95. The summed E-state index contributed by atoms with van der Waals surface area (Å²) >= 11 is 12.2. The number of nitrogens with zero attached hydrogens (tertiary/aromatic N) is 3. The third-order valence-corrected chi connectivity index (χ3v) is 6.50. The maximum Gasteiger partial charge on any atom is 0.338 e. The summed E-state index contributed by atoms with van der Waals surface area (Å²) in [6, 6.07) is 10.3. The Morgan fingerprint density at radius 2 is 1.97 bits per heavy atom. The van der Waals surface area contributed by atoms with Crippen LogP contribution < -0.4 is 5.32 Å². The van der Waals surface area contributed by atoms with E-state index in [1.165, 1.54) is 7.11 Å². The minimum absolute atomic E-state index is 0.0535. The van der Waals surface area contributed by atoms with Crippen LogP contribution in [0.25, 0.3) is 11.4 Å². The first-order chi connectivity index (χ1) is 16.4. The van der Waals surface area contributed by atoms with E-state index in [-0.39, 0.29) is 11.8 Å². The monoisotopic (exact) mass is 502 g/mol. The van der Waals surface area contributed by atoms with Crippen LogP contribution in [0.3, 0.4) is 0 Å². The molecule has 0 radical (unpaired) electrons. The molecule has 0 atom stereocenters. The van der Waals surface area contributed by atoms with Gasteiger partial charge in [0.25, 0.3) is 0 Å². The van der Waals surface area contributed by atoms with Gasteiger partial charge in [-0.05, 0) is 68.8 Å². The fourth-order valence-electron chi connectivity index (χ4n) is 3.98. The fraction of sp³-hybridized carbons (Fsp3) is 0.333. The standard InChI is InChI=1S/C24H24Cl2N4O4/c1-14-17(24(32)33-2)4-3-5-20(14)27-23(31)15-8-10-30(11-9-15)13-21-28-22(29-34-21)18-7-6-16(25)12-19(18)26/h3-7,12,15H,8-11,13H2,1-2H3,(H,27,31). The van der Waals surface area contributed by atoms with E-state index in [2.05, 4.69) is 20.4 Å². The number of aromatic nitrogens is 2. The number of carbonyl (C=O) groups is 2. The van der Waals surface area contributed by atoms with Crippen molar-refractivity contribution in [3.63, 3.8) is 0 Å². The predicted molar refractivity (Wildman–Crippen MR) is 129 cm³/mol. The molecule has 0 unspecified atom stereocenters. The Bertz CT molecular complexity index is 1210. The zero-order chi connectivity index (χ0) is 24.2. The molecule has 1 saturated heterocycles. The number of anilines is 1. The average Bonchev–Trinajstić information content (AvgIpc) is 3.28. The summed E-state index contributed by atoms with van der Waals surface area (Å²) in [5.41, 5.74) is 2.40. The molecule has 1 aromatic heterocycles. The number of rotatable bonds is 6. The van der Waals surface area contributed by atoms with Crippen LogP contribution in [0.2, 0.25) is 10.0 Å². The molecule has 10 heteroatoms. The van der Waals surface area contributed by atoms with Crippen molar-refractivity contribution in [1.29, 1.82) is 0 Å². The number of halogens is 2.